The smallest absolute Gasteiger partial charge is 0.197 e. The molecule has 0 bridgehead atoms. The molecule has 1 aromatic rings. The van der Waals surface area contributed by atoms with Crippen LogP contribution >= 0.6 is 0 Å². The Morgan fingerprint density at radius 3 is 3.23 bits per heavy atom. The first-order valence-corrected chi connectivity index (χ1v) is 4.05. The van der Waals surface area contributed by atoms with Crippen LogP contribution in [0.3, 0.4) is 0 Å². The zero-order valence-electron chi connectivity index (χ0n) is 7.23. The largest absolute Gasteiger partial charge is 0.370 e. The van der Waals surface area contributed by atoms with Gasteiger partial charge in [0.25, 0.3) is 0 Å². The summed E-state index contributed by atoms with van der Waals surface area (Å²) in [7, 11) is 0. The van der Waals surface area contributed by atoms with Crippen molar-refractivity contribution in [1.29, 1.82) is 0 Å². The molecule has 0 fully saturated rings. The first-order chi connectivity index (χ1) is 6.22. The van der Waals surface area contributed by atoms with Gasteiger partial charge in [0.15, 0.2) is 12.2 Å². The number of aliphatic hydroxyl groups is 1. The number of imidazole rings is 1. The number of aliphatic hydroxyl groups excluding tert-OH is 1. The lowest BCUT2D eigenvalue weighted by atomic mass is 10.3. The molecule has 1 unspecified atom stereocenters. The molecule has 0 saturated heterocycles. The molecular formula is C7H11N5O. The Bertz CT molecular complexity index is 356. The molecule has 1 aliphatic heterocycles. The molecule has 6 nitrogen and oxygen atoms in total. The fraction of sp³-hybridized carbons (Fsp3) is 0.429. The maximum absolute atomic E-state index is 9.46. The van der Waals surface area contributed by atoms with E-state index in [1.165, 1.54) is 0 Å². The molecule has 1 aliphatic rings. The van der Waals surface area contributed by atoms with E-state index in [0.29, 0.717) is 5.69 Å². The van der Waals surface area contributed by atoms with E-state index in [9.17, 15) is 5.11 Å². The summed E-state index contributed by atoms with van der Waals surface area (Å²) in [5.41, 5.74) is 5.98. The fourth-order valence-corrected chi connectivity index (χ4v) is 1.31. The molecule has 70 valence electrons. The number of nitrogens with one attached hydrogen (secondary N) is 1. The normalized spacial score (nSPS) is 20.5. The van der Waals surface area contributed by atoms with Crippen molar-refractivity contribution in [1.82, 2.24) is 9.55 Å². The first-order valence-electron chi connectivity index (χ1n) is 4.05. The summed E-state index contributed by atoms with van der Waals surface area (Å²) >= 11 is 0. The second kappa shape index (κ2) is 2.74. The van der Waals surface area contributed by atoms with Crippen LogP contribution in [0.1, 0.15) is 18.8 Å². The van der Waals surface area contributed by atoms with Crippen molar-refractivity contribution in [2.45, 2.75) is 19.7 Å². The van der Waals surface area contributed by atoms with Gasteiger partial charge in [-0.2, -0.15) is 0 Å². The van der Waals surface area contributed by atoms with E-state index < -0.39 is 6.23 Å². The summed E-state index contributed by atoms with van der Waals surface area (Å²) in [6.45, 7) is 2.76. The van der Waals surface area contributed by atoms with Crippen LogP contribution in [-0.4, -0.2) is 20.6 Å². The zero-order valence-corrected chi connectivity index (χ0v) is 7.23. The van der Waals surface area contributed by atoms with Crippen LogP contribution in [0.15, 0.2) is 11.3 Å². The van der Waals surface area contributed by atoms with Gasteiger partial charge >= 0.3 is 0 Å². The van der Waals surface area contributed by atoms with Crippen LogP contribution in [-0.2, 0) is 6.54 Å². The number of hydrogen-bond donors (Lipinski definition) is 3. The van der Waals surface area contributed by atoms with Crippen molar-refractivity contribution in [3.05, 3.63) is 12.0 Å². The number of rotatable bonds is 1. The van der Waals surface area contributed by atoms with Crippen LogP contribution in [0.2, 0.25) is 0 Å². The Labute approximate surface area is 75.1 Å². The number of aliphatic imine (C=N–C) groups is 1. The molecule has 1 aromatic heterocycles. The summed E-state index contributed by atoms with van der Waals surface area (Å²) in [6, 6.07) is 0. The second-order valence-electron chi connectivity index (χ2n) is 2.78. The van der Waals surface area contributed by atoms with Gasteiger partial charge in [0.2, 0.25) is 0 Å². The number of aromatic nitrogens is 2. The summed E-state index contributed by atoms with van der Waals surface area (Å²) in [4.78, 5) is 7.77. The maximum atomic E-state index is 9.46. The molecule has 1 atom stereocenters. The van der Waals surface area contributed by atoms with Crippen LogP contribution < -0.4 is 11.1 Å². The molecule has 0 spiro atoms. The molecule has 13 heavy (non-hydrogen) atoms. The Morgan fingerprint density at radius 2 is 2.54 bits per heavy atom. The molecule has 0 aromatic carbocycles. The van der Waals surface area contributed by atoms with Crippen LogP contribution in [0, 0.1) is 0 Å². The van der Waals surface area contributed by atoms with Gasteiger partial charge in [0.05, 0.1) is 6.33 Å². The summed E-state index contributed by atoms with van der Waals surface area (Å²) in [5, 5.41) is 12.3. The lowest BCUT2D eigenvalue weighted by Gasteiger charge is -2.16. The highest BCUT2D eigenvalue weighted by Crippen LogP contribution is 2.25. The van der Waals surface area contributed by atoms with E-state index in [1.54, 1.807) is 6.33 Å². The Hall–Kier alpha value is -1.56. The van der Waals surface area contributed by atoms with Gasteiger partial charge in [0.1, 0.15) is 11.5 Å². The average molecular weight is 181 g/mol. The topological polar surface area (TPSA) is 88.5 Å². The predicted molar refractivity (Wildman–Crippen MR) is 48.1 cm³/mol. The lowest BCUT2D eigenvalue weighted by molar-refractivity contribution is 0.183. The van der Waals surface area contributed by atoms with Gasteiger partial charge in [0, 0.05) is 6.54 Å². The van der Waals surface area contributed by atoms with Gasteiger partial charge in [-0.3, -0.25) is 0 Å². The maximum Gasteiger partial charge on any atom is 0.197 e. The molecule has 0 aliphatic carbocycles. The van der Waals surface area contributed by atoms with Crippen molar-refractivity contribution >= 4 is 11.8 Å². The van der Waals surface area contributed by atoms with Gasteiger partial charge < -0.3 is 20.7 Å². The molecule has 0 amide bonds. The fourth-order valence-electron chi connectivity index (χ4n) is 1.31. The Morgan fingerprint density at radius 1 is 1.77 bits per heavy atom. The number of fused-ring (bicyclic) bond motifs is 1. The minimum atomic E-state index is -0.941. The van der Waals surface area contributed by atoms with Crippen molar-refractivity contribution < 1.29 is 5.11 Å². The first kappa shape index (κ1) is 8.06. The average Bonchev–Trinajstić information content (AvgIpc) is 2.47. The Balaban J connectivity index is 2.46. The SMILES string of the molecule is CCn1cnc2c1NC(N)=NC2O. The van der Waals surface area contributed by atoms with Crippen molar-refractivity contribution in [3.63, 3.8) is 0 Å². The number of guanidine groups is 1. The summed E-state index contributed by atoms with van der Waals surface area (Å²) in [6.07, 6.45) is 0.707. The third kappa shape index (κ3) is 1.15. The standard InChI is InChI=1S/C7H11N5O/c1-2-12-3-9-4-5(12)10-7(8)11-6(4)13/h3,6,13H,2H2,1H3,(H3,8,10,11). The molecular weight excluding hydrogens is 170 g/mol. The quantitative estimate of drug-likeness (QED) is 0.551. The molecule has 2 rings (SSSR count). The molecule has 2 heterocycles. The molecule has 6 heteroatoms. The minimum Gasteiger partial charge on any atom is -0.370 e. The number of nitrogens with zero attached hydrogens (tertiary/aromatic N) is 3. The minimum absolute atomic E-state index is 0.218. The van der Waals surface area contributed by atoms with Gasteiger partial charge in [-0.25, -0.2) is 9.98 Å². The molecule has 4 N–H and O–H groups in total. The van der Waals surface area contributed by atoms with Gasteiger partial charge in [-0.05, 0) is 6.92 Å². The third-order valence-electron chi connectivity index (χ3n) is 1.96. The van der Waals surface area contributed by atoms with E-state index >= 15 is 0 Å². The second-order valence-corrected chi connectivity index (χ2v) is 2.78. The van der Waals surface area contributed by atoms with Crippen LogP contribution in [0.4, 0.5) is 5.82 Å². The number of anilines is 1. The third-order valence-corrected chi connectivity index (χ3v) is 1.96. The highest BCUT2D eigenvalue weighted by atomic mass is 16.3. The van der Waals surface area contributed by atoms with Crippen LogP contribution in [0.25, 0.3) is 0 Å². The molecule has 0 saturated carbocycles. The highest BCUT2D eigenvalue weighted by molar-refractivity contribution is 5.93. The zero-order chi connectivity index (χ0) is 9.42. The van der Waals surface area contributed by atoms with Gasteiger partial charge in [-0.15, -0.1) is 0 Å². The van der Waals surface area contributed by atoms with E-state index in [2.05, 4.69) is 15.3 Å². The summed E-state index contributed by atoms with van der Waals surface area (Å²) < 4.78 is 1.86. The number of aryl methyl sites for hydroxylation is 1. The van der Waals surface area contributed by atoms with Crippen molar-refractivity contribution in [3.8, 4) is 0 Å². The summed E-state index contributed by atoms with van der Waals surface area (Å²) in [5.74, 6) is 0.942. The number of nitrogens with two attached hydrogens (primary N) is 1. The van der Waals surface area contributed by atoms with E-state index in [-0.39, 0.29) is 5.96 Å². The number of hydrogen-bond acceptors (Lipinski definition) is 5. The van der Waals surface area contributed by atoms with Crippen molar-refractivity contribution in [2.24, 2.45) is 10.7 Å². The Kier molecular flexibility index (Phi) is 1.70. The van der Waals surface area contributed by atoms with E-state index in [4.69, 9.17) is 5.73 Å². The highest BCUT2D eigenvalue weighted by Gasteiger charge is 2.22. The van der Waals surface area contributed by atoms with Gasteiger partial charge in [-0.1, -0.05) is 0 Å². The van der Waals surface area contributed by atoms with Crippen molar-refractivity contribution in [2.75, 3.05) is 5.32 Å². The van der Waals surface area contributed by atoms with E-state index in [1.807, 2.05) is 11.5 Å². The molecule has 0 radical (unpaired) electrons. The van der Waals surface area contributed by atoms with E-state index in [0.717, 1.165) is 12.4 Å². The predicted octanol–water partition coefficient (Wildman–Crippen LogP) is -0.366. The monoisotopic (exact) mass is 181 g/mol. The van der Waals surface area contributed by atoms with Crippen LogP contribution in [0.5, 0.6) is 0 Å². The lowest BCUT2D eigenvalue weighted by Crippen LogP contribution is -2.29.